The molecule has 0 aliphatic heterocycles. The standard InChI is InChI=1S/C19H30O4/c1-2-18(20)22-13-6-14-23-19(21)17-11-9-16(10-12-17)15-7-4-3-5-8-15/h2,15-17H,1,3-14H2. The summed E-state index contributed by atoms with van der Waals surface area (Å²) in [6, 6.07) is 0. The topological polar surface area (TPSA) is 52.6 Å². The van der Waals surface area contributed by atoms with E-state index in [-0.39, 0.29) is 18.5 Å². The van der Waals surface area contributed by atoms with Crippen molar-refractivity contribution in [2.75, 3.05) is 13.2 Å². The Morgan fingerprint density at radius 2 is 1.48 bits per heavy atom. The Balaban J connectivity index is 1.58. The van der Waals surface area contributed by atoms with Crippen LogP contribution < -0.4 is 0 Å². The first-order chi connectivity index (χ1) is 11.2. The fourth-order valence-electron chi connectivity index (χ4n) is 4.01. The average molecular weight is 322 g/mol. The molecule has 0 N–H and O–H groups in total. The summed E-state index contributed by atoms with van der Waals surface area (Å²) in [4.78, 5) is 23.0. The molecule has 4 nitrogen and oxygen atoms in total. The molecule has 0 aromatic rings. The van der Waals surface area contributed by atoms with E-state index >= 15 is 0 Å². The number of ether oxygens (including phenoxy) is 2. The summed E-state index contributed by atoms with van der Waals surface area (Å²) >= 11 is 0. The van der Waals surface area contributed by atoms with Crippen molar-refractivity contribution in [3.63, 3.8) is 0 Å². The lowest BCUT2D eigenvalue weighted by molar-refractivity contribution is -0.150. The van der Waals surface area contributed by atoms with Gasteiger partial charge in [-0.25, -0.2) is 4.79 Å². The molecule has 2 saturated carbocycles. The maximum atomic E-state index is 12.1. The monoisotopic (exact) mass is 322 g/mol. The number of rotatable bonds is 7. The molecule has 2 aliphatic carbocycles. The van der Waals surface area contributed by atoms with E-state index in [0.29, 0.717) is 13.0 Å². The molecule has 0 bridgehead atoms. The molecule has 0 atom stereocenters. The van der Waals surface area contributed by atoms with Gasteiger partial charge in [0.25, 0.3) is 0 Å². The van der Waals surface area contributed by atoms with Crippen LogP contribution in [0.2, 0.25) is 0 Å². The van der Waals surface area contributed by atoms with Crippen molar-refractivity contribution in [2.24, 2.45) is 17.8 Å². The molecule has 0 heterocycles. The van der Waals surface area contributed by atoms with Crippen molar-refractivity contribution < 1.29 is 19.1 Å². The van der Waals surface area contributed by atoms with Crippen LogP contribution in [0, 0.1) is 17.8 Å². The van der Waals surface area contributed by atoms with Gasteiger partial charge in [-0.3, -0.25) is 4.79 Å². The molecule has 4 heteroatoms. The molecular formula is C19H30O4. The highest BCUT2D eigenvalue weighted by atomic mass is 16.5. The molecule has 0 unspecified atom stereocenters. The van der Waals surface area contributed by atoms with E-state index in [9.17, 15) is 9.59 Å². The van der Waals surface area contributed by atoms with Crippen LogP contribution in [-0.2, 0) is 19.1 Å². The second-order valence-electron chi connectivity index (χ2n) is 6.90. The SMILES string of the molecule is C=CC(=O)OCCCOC(=O)C1CCC(C2CCCCC2)CC1. The summed E-state index contributed by atoms with van der Waals surface area (Å²) in [5, 5.41) is 0. The van der Waals surface area contributed by atoms with Crippen LogP contribution in [-0.4, -0.2) is 25.2 Å². The second kappa shape index (κ2) is 9.74. The molecule has 130 valence electrons. The fraction of sp³-hybridized carbons (Fsp3) is 0.789. The predicted molar refractivity (Wildman–Crippen MR) is 88.8 cm³/mol. The van der Waals surface area contributed by atoms with Gasteiger partial charge in [0.05, 0.1) is 19.1 Å². The van der Waals surface area contributed by atoms with Crippen molar-refractivity contribution in [1.29, 1.82) is 0 Å². The maximum absolute atomic E-state index is 12.1. The second-order valence-corrected chi connectivity index (χ2v) is 6.90. The summed E-state index contributed by atoms with van der Waals surface area (Å²) < 4.78 is 10.2. The van der Waals surface area contributed by atoms with Gasteiger partial charge in [-0.1, -0.05) is 38.7 Å². The largest absolute Gasteiger partial charge is 0.465 e. The number of carbonyl (C=O) groups excluding carboxylic acids is 2. The Morgan fingerprint density at radius 3 is 2.13 bits per heavy atom. The minimum Gasteiger partial charge on any atom is -0.465 e. The van der Waals surface area contributed by atoms with Crippen molar-refractivity contribution in [2.45, 2.75) is 64.2 Å². The lowest BCUT2D eigenvalue weighted by Crippen LogP contribution is -2.28. The maximum Gasteiger partial charge on any atom is 0.330 e. The quantitative estimate of drug-likeness (QED) is 0.403. The molecule has 0 radical (unpaired) electrons. The zero-order valence-electron chi connectivity index (χ0n) is 14.1. The minimum atomic E-state index is -0.433. The summed E-state index contributed by atoms with van der Waals surface area (Å²) in [5.74, 6) is 1.31. The van der Waals surface area contributed by atoms with Crippen LogP contribution in [0.3, 0.4) is 0 Å². The van der Waals surface area contributed by atoms with E-state index in [4.69, 9.17) is 9.47 Å². The van der Waals surface area contributed by atoms with Gasteiger partial charge < -0.3 is 9.47 Å². The molecule has 2 rings (SSSR count). The smallest absolute Gasteiger partial charge is 0.330 e. The third-order valence-corrected chi connectivity index (χ3v) is 5.37. The first-order valence-corrected chi connectivity index (χ1v) is 9.16. The highest BCUT2D eigenvalue weighted by Crippen LogP contribution is 2.40. The third-order valence-electron chi connectivity index (χ3n) is 5.37. The molecule has 0 saturated heterocycles. The first kappa shape index (κ1) is 18.0. The van der Waals surface area contributed by atoms with Crippen molar-refractivity contribution >= 4 is 11.9 Å². The summed E-state index contributed by atoms with van der Waals surface area (Å²) in [6.07, 6.45) is 13.0. The third kappa shape index (κ3) is 6.00. The zero-order chi connectivity index (χ0) is 16.5. The Morgan fingerprint density at radius 1 is 0.870 bits per heavy atom. The first-order valence-electron chi connectivity index (χ1n) is 9.16. The van der Waals surface area contributed by atoms with Crippen molar-refractivity contribution in [3.05, 3.63) is 12.7 Å². The van der Waals surface area contributed by atoms with Gasteiger partial charge >= 0.3 is 11.9 Å². The van der Waals surface area contributed by atoms with Crippen LogP contribution in [0.5, 0.6) is 0 Å². The number of hydrogen-bond donors (Lipinski definition) is 0. The molecule has 0 amide bonds. The average Bonchev–Trinajstić information content (AvgIpc) is 2.62. The van der Waals surface area contributed by atoms with E-state index in [1.165, 1.54) is 44.9 Å². The van der Waals surface area contributed by atoms with Crippen LogP contribution >= 0.6 is 0 Å². The Labute approximate surface area is 139 Å². The number of hydrogen-bond acceptors (Lipinski definition) is 4. The number of esters is 2. The van der Waals surface area contributed by atoms with Gasteiger partial charge in [-0.2, -0.15) is 0 Å². The Kier molecular flexibility index (Phi) is 7.63. The molecule has 23 heavy (non-hydrogen) atoms. The van der Waals surface area contributed by atoms with E-state index in [2.05, 4.69) is 6.58 Å². The summed E-state index contributed by atoms with van der Waals surface area (Å²) in [6.45, 7) is 3.92. The molecule has 2 fully saturated rings. The van der Waals surface area contributed by atoms with Gasteiger partial charge in [-0.15, -0.1) is 0 Å². The molecule has 0 aromatic heterocycles. The molecule has 0 aromatic carbocycles. The predicted octanol–water partition coefficient (Wildman–Crippen LogP) is 4.04. The molecule has 0 spiro atoms. The molecular weight excluding hydrogens is 292 g/mol. The Bertz CT molecular complexity index is 390. The van der Waals surface area contributed by atoms with Crippen LogP contribution in [0.25, 0.3) is 0 Å². The highest BCUT2D eigenvalue weighted by molar-refractivity contribution is 5.81. The Hall–Kier alpha value is -1.32. The van der Waals surface area contributed by atoms with Crippen molar-refractivity contribution in [3.8, 4) is 0 Å². The summed E-state index contributed by atoms with van der Waals surface area (Å²) in [5.41, 5.74) is 0. The van der Waals surface area contributed by atoms with E-state index < -0.39 is 5.97 Å². The van der Waals surface area contributed by atoms with E-state index in [0.717, 1.165) is 30.8 Å². The highest BCUT2D eigenvalue weighted by Gasteiger charge is 2.31. The van der Waals surface area contributed by atoms with Crippen LogP contribution in [0.4, 0.5) is 0 Å². The van der Waals surface area contributed by atoms with Gasteiger partial charge in [0.15, 0.2) is 0 Å². The lowest BCUT2D eigenvalue weighted by Gasteiger charge is -2.35. The normalized spacial score (nSPS) is 25.6. The number of carbonyl (C=O) groups is 2. The van der Waals surface area contributed by atoms with Crippen LogP contribution in [0.15, 0.2) is 12.7 Å². The van der Waals surface area contributed by atoms with Gasteiger partial charge in [-0.05, 0) is 37.5 Å². The molecule has 2 aliphatic rings. The van der Waals surface area contributed by atoms with Gasteiger partial charge in [0, 0.05) is 12.5 Å². The fourth-order valence-corrected chi connectivity index (χ4v) is 4.01. The summed E-state index contributed by atoms with van der Waals surface area (Å²) in [7, 11) is 0. The zero-order valence-corrected chi connectivity index (χ0v) is 14.1. The van der Waals surface area contributed by atoms with E-state index in [1.54, 1.807) is 0 Å². The lowest BCUT2D eigenvalue weighted by atomic mass is 9.71. The minimum absolute atomic E-state index is 0.0675. The van der Waals surface area contributed by atoms with Crippen LogP contribution in [0.1, 0.15) is 64.2 Å². The van der Waals surface area contributed by atoms with Crippen molar-refractivity contribution in [1.82, 2.24) is 0 Å². The van der Waals surface area contributed by atoms with Gasteiger partial charge in [0.2, 0.25) is 0 Å². The van der Waals surface area contributed by atoms with E-state index in [1.807, 2.05) is 0 Å². The van der Waals surface area contributed by atoms with Gasteiger partial charge in [0.1, 0.15) is 0 Å².